The van der Waals surface area contributed by atoms with E-state index in [1.165, 1.54) is 32.9 Å². The smallest absolute Gasteiger partial charge is 0.306 e. The van der Waals surface area contributed by atoms with Crippen LogP contribution in [0.4, 0.5) is 5.95 Å². The molecular formula is C27H29N5O6S3. The van der Waals surface area contributed by atoms with Gasteiger partial charge in [-0.1, -0.05) is 16.9 Å². The number of ether oxygens (including phenoxy) is 1. The summed E-state index contributed by atoms with van der Waals surface area (Å²) >= 11 is 1.34. The summed E-state index contributed by atoms with van der Waals surface area (Å²) in [6.45, 7) is 0.210. The van der Waals surface area contributed by atoms with Crippen molar-refractivity contribution in [3.63, 3.8) is 0 Å². The fourth-order valence-electron chi connectivity index (χ4n) is 4.03. The molecule has 0 saturated heterocycles. The number of nitrogens with zero attached hydrogens (tertiary/aromatic N) is 2. The van der Waals surface area contributed by atoms with E-state index in [0.29, 0.717) is 34.5 Å². The number of aliphatic carboxylic acids is 1. The number of carbonyl (C=O) groups is 3. The summed E-state index contributed by atoms with van der Waals surface area (Å²) in [5.41, 5.74) is 6.60. The minimum atomic E-state index is -1.11. The third-order valence-corrected chi connectivity index (χ3v) is 9.48. The van der Waals surface area contributed by atoms with E-state index < -0.39 is 17.9 Å². The number of hydrogen-bond acceptors (Lipinski definition) is 11. The Balaban J connectivity index is 1.17. The number of nitrogens with two attached hydrogens (primary N) is 1. The lowest BCUT2D eigenvalue weighted by Gasteiger charge is -2.11. The van der Waals surface area contributed by atoms with Gasteiger partial charge < -0.3 is 20.6 Å². The summed E-state index contributed by atoms with van der Waals surface area (Å²) in [4.78, 5) is 64.0. The van der Waals surface area contributed by atoms with Gasteiger partial charge in [-0.3, -0.25) is 24.2 Å². The number of thiophene rings is 1. The van der Waals surface area contributed by atoms with Crippen LogP contribution in [-0.2, 0) is 27.2 Å². The average Bonchev–Trinajstić information content (AvgIpc) is 3.58. The van der Waals surface area contributed by atoms with Crippen LogP contribution in [0.1, 0.15) is 45.9 Å². The molecule has 11 nitrogen and oxygen atoms in total. The van der Waals surface area contributed by atoms with Gasteiger partial charge in [0, 0.05) is 35.4 Å². The summed E-state index contributed by atoms with van der Waals surface area (Å²) in [6, 6.07) is 11.0. The van der Waals surface area contributed by atoms with Crippen LogP contribution < -0.4 is 11.3 Å². The molecule has 4 aromatic heterocycles. The van der Waals surface area contributed by atoms with Crippen molar-refractivity contribution in [3.05, 3.63) is 68.4 Å². The lowest BCUT2D eigenvalue weighted by Crippen LogP contribution is -2.19. The highest BCUT2D eigenvalue weighted by atomic mass is 33.1. The number of nitrogen functional groups attached to an aromatic ring is 1. The molecule has 0 aliphatic carbocycles. The Morgan fingerprint density at radius 2 is 2.00 bits per heavy atom. The lowest BCUT2D eigenvalue weighted by molar-refractivity contribution is -0.145. The highest BCUT2D eigenvalue weighted by Gasteiger charge is 2.24. The third-order valence-electron chi connectivity index (χ3n) is 6.07. The second-order valence-electron chi connectivity index (χ2n) is 9.12. The summed E-state index contributed by atoms with van der Waals surface area (Å²) < 4.78 is 5.20. The summed E-state index contributed by atoms with van der Waals surface area (Å²) in [6.07, 6.45) is 3.65. The van der Waals surface area contributed by atoms with Gasteiger partial charge in [0.25, 0.3) is 5.56 Å². The van der Waals surface area contributed by atoms with Crippen LogP contribution in [0.3, 0.4) is 0 Å². The molecule has 0 bridgehead atoms. The molecule has 0 unspecified atom stereocenters. The van der Waals surface area contributed by atoms with Gasteiger partial charge in [-0.25, -0.2) is 4.98 Å². The maximum absolute atomic E-state index is 12.8. The zero-order valence-corrected chi connectivity index (χ0v) is 24.4. The van der Waals surface area contributed by atoms with Crippen LogP contribution >= 0.6 is 32.9 Å². The van der Waals surface area contributed by atoms with Gasteiger partial charge in [-0.15, -0.1) is 11.3 Å². The molecule has 4 aromatic rings. The maximum atomic E-state index is 12.8. The number of fused-ring (bicyclic) bond motifs is 1. The minimum Gasteiger partial charge on any atom is -0.481 e. The molecule has 0 fully saturated rings. The van der Waals surface area contributed by atoms with Gasteiger partial charge in [-0.05, 0) is 66.8 Å². The Bertz CT molecular complexity index is 1550. The number of hydrogen-bond donors (Lipinski definition) is 4. The first-order valence-electron chi connectivity index (χ1n) is 12.9. The zero-order chi connectivity index (χ0) is 29.2. The number of carboxylic acids is 1. The van der Waals surface area contributed by atoms with Crippen LogP contribution in [0.5, 0.6) is 0 Å². The van der Waals surface area contributed by atoms with Crippen molar-refractivity contribution >= 4 is 67.6 Å². The molecule has 216 valence electrons. The van der Waals surface area contributed by atoms with E-state index in [1.807, 2.05) is 24.3 Å². The van der Waals surface area contributed by atoms with E-state index in [2.05, 4.69) is 19.9 Å². The highest BCUT2D eigenvalue weighted by molar-refractivity contribution is 8.76. The fraction of sp³-hybridized carbons (Fsp3) is 0.333. The van der Waals surface area contributed by atoms with Crippen molar-refractivity contribution in [1.29, 1.82) is 0 Å². The number of rotatable bonds is 16. The Morgan fingerprint density at radius 1 is 1.15 bits per heavy atom. The number of carboxylic acid groups (broad SMARTS) is 1. The SMILES string of the molecule is Nc1nc2[nH]c(CCCc3ccc(C(=O)C[C@@H](CCC(=O)OCCSSc4ccccn4)C(=O)O)s3)cc2c(=O)[nH]1. The lowest BCUT2D eigenvalue weighted by atomic mass is 9.96. The van der Waals surface area contributed by atoms with Gasteiger partial charge in [0.05, 0.1) is 16.2 Å². The molecule has 41 heavy (non-hydrogen) atoms. The maximum Gasteiger partial charge on any atom is 0.306 e. The molecule has 4 heterocycles. The topological polar surface area (TPSA) is 181 Å². The van der Waals surface area contributed by atoms with Crippen LogP contribution in [0.2, 0.25) is 0 Å². The first kappa shape index (κ1) is 30.3. The van der Waals surface area contributed by atoms with Crippen LogP contribution in [0, 0.1) is 5.92 Å². The highest BCUT2D eigenvalue weighted by Crippen LogP contribution is 2.28. The number of aryl methyl sites for hydroxylation is 2. The molecule has 0 aliphatic heterocycles. The molecule has 0 amide bonds. The van der Waals surface area contributed by atoms with Gasteiger partial charge in [0.2, 0.25) is 5.95 Å². The number of esters is 1. The molecule has 0 saturated carbocycles. The van der Waals surface area contributed by atoms with Crippen molar-refractivity contribution in [3.8, 4) is 0 Å². The molecule has 0 spiro atoms. The Morgan fingerprint density at radius 3 is 2.78 bits per heavy atom. The fourth-order valence-corrected chi connectivity index (χ4v) is 6.73. The molecule has 14 heteroatoms. The molecule has 1 atom stereocenters. The van der Waals surface area contributed by atoms with E-state index in [4.69, 9.17) is 10.5 Å². The third kappa shape index (κ3) is 9.20. The second kappa shape index (κ2) is 14.8. The summed E-state index contributed by atoms with van der Waals surface area (Å²) in [7, 11) is 3.00. The predicted molar refractivity (Wildman–Crippen MR) is 160 cm³/mol. The van der Waals surface area contributed by atoms with Gasteiger partial charge in [-0.2, -0.15) is 4.98 Å². The van der Waals surface area contributed by atoms with Crippen molar-refractivity contribution in [2.75, 3.05) is 18.1 Å². The Kier molecular flexibility index (Phi) is 11.0. The van der Waals surface area contributed by atoms with Crippen molar-refractivity contribution in [2.45, 2.75) is 43.6 Å². The monoisotopic (exact) mass is 615 g/mol. The van der Waals surface area contributed by atoms with Crippen LogP contribution in [-0.4, -0.2) is 55.1 Å². The summed E-state index contributed by atoms with van der Waals surface area (Å²) in [5, 5.41) is 10.9. The quantitative estimate of drug-likeness (QED) is 0.0603. The van der Waals surface area contributed by atoms with Crippen LogP contribution in [0.15, 0.2) is 52.4 Å². The molecule has 4 rings (SSSR count). The van der Waals surface area contributed by atoms with E-state index in [0.717, 1.165) is 22.0 Å². The normalized spacial score (nSPS) is 11.9. The minimum absolute atomic E-state index is 0.0296. The standard InChI is InChI=1S/C27H29N5O6S3/c28-27-31-24-19(25(35)32-27)15-17(30-24)4-3-5-18-8-9-21(40-18)20(33)14-16(26(36)37)7-10-23(34)38-12-13-39-41-22-6-1-2-11-29-22/h1-2,6,8-9,11,15-16H,3-5,7,10,12-14H2,(H,36,37)(H4,28,30,31,32,35)/t16-/m1/s1. The van der Waals surface area contributed by atoms with Crippen molar-refractivity contribution < 1.29 is 24.2 Å². The van der Waals surface area contributed by atoms with E-state index in [1.54, 1.807) is 18.3 Å². The molecule has 0 aromatic carbocycles. The summed E-state index contributed by atoms with van der Waals surface area (Å²) in [5.74, 6) is -2.20. The number of ketones is 1. The molecular weight excluding hydrogens is 587 g/mol. The van der Waals surface area contributed by atoms with Crippen molar-refractivity contribution in [2.24, 2.45) is 5.92 Å². The van der Waals surface area contributed by atoms with E-state index in [9.17, 15) is 24.3 Å². The number of aromatic nitrogens is 4. The number of aromatic amines is 2. The number of anilines is 1. The first-order chi connectivity index (χ1) is 19.8. The van der Waals surface area contributed by atoms with E-state index in [-0.39, 0.29) is 43.2 Å². The van der Waals surface area contributed by atoms with Crippen molar-refractivity contribution in [1.82, 2.24) is 19.9 Å². The Hall–Kier alpha value is -3.62. The van der Waals surface area contributed by atoms with Gasteiger partial charge in [0.15, 0.2) is 5.78 Å². The molecule has 5 N–H and O–H groups in total. The number of nitrogens with one attached hydrogen (secondary N) is 2. The number of carbonyl (C=O) groups excluding carboxylic acids is 2. The molecule has 0 radical (unpaired) electrons. The predicted octanol–water partition coefficient (Wildman–Crippen LogP) is 4.50. The largest absolute Gasteiger partial charge is 0.481 e. The average molecular weight is 616 g/mol. The second-order valence-corrected chi connectivity index (χ2v) is 12.7. The van der Waals surface area contributed by atoms with E-state index >= 15 is 0 Å². The Labute approximate surface area is 247 Å². The first-order valence-corrected chi connectivity index (χ1v) is 16.0. The van der Waals surface area contributed by atoms with Gasteiger partial charge in [0.1, 0.15) is 17.3 Å². The number of pyridine rings is 1. The van der Waals surface area contributed by atoms with Gasteiger partial charge >= 0.3 is 11.9 Å². The zero-order valence-electron chi connectivity index (χ0n) is 22.0. The molecule has 0 aliphatic rings. The number of Topliss-reactive ketones (excluding diaryl/α,β-unsaturated/α-hetero) is 1. The van der Waals surface area contributed by atoms with Crippen LogP contribution in [0.25, 0.3) is 11.0 Å². The number of H-pyrrole nitrogens is 2.